The standard InChI is InChI=1S/C7H7N3O2/c1-10-5-2-6(11)8-3-4(5)9-7(10)12/h2-3H,1H3,(H,8,11)(H,9,12). The average molecular weight is 165 g/mol. The van der Waals surface area contributed by atoms with Crippen molar-refractivity contribution in [2.24, 2.45) is 7.05 Å². The molecule has 12 heavy (non-hydrogen) atoms. The van der Waals surface area contributed by atoms with Gasteiger partial charge in [-0.15, -0.1) is 0 Å². The van der Waals surface area contributed by atoms with Gasteiger partial charge in [-0.2, -0.15) is 0 Å². The topological polar surface area (TPSA) is 70.7 Å². The molecule has 0 amide bonds. The number of nitrogens with one attached hydrogen (secondary N) is 2. The first-order valence-electron chi connectivity index (χ1n) is 3.46. The highest BCUT2D eigenvalue weighted by molar-refractivity contribution is 5.73. The largest absolute Gasteiger partial charge is 0.327 e. The molecule has 2 aromatic heterocycles. The molecule has 0 bridgehead atoms. The van der Waals surface area contributed by atoms with Crippen molar-refractivity contribution < 1.29 is 0 Å². The van der Waals surface area contributed by atoms with E-state index in [1.54, 1.807) is 7.05 Å². The van der Waals surface area contributed by atoms with Gasteiger partial charge in [-0.3, -0.25) is 9.36 Å². The van der Waals surface area contributed by atoms with E-state index in [1.807, 2.05) is 0 Å². The Hall–Kier alpha value is -1.78. The van der Waals surface area contributed by atoms with Gasteiger partial charge in [0.15, 0.2) is 0 Å². The number of aryl methyl sites for hydroxylation is 1. The molecule has 0 fully saturated rings. The first-order valence-corrected chi connectivity index (χ1v) is 3.46. The molecule has 0 unspecified atom stereocenters. The Kier molecular flexibility index (Phi) is 1.21. The number of nitrogens with zero attached hydrogens (tertiary/aromatic N) is 1. The zero-order valence-corrected chi connectivity index (χ0v) is 6.42. The van der Waals surface area contributed by atoms with E-state index < -0.39 is 0 Å². The van der Waals surface area contributed by atoms with Crippen LogP contribution < -0.4 is 11.2 Å². The lowest BCUT2D eigenvalue weighted by atomic mass is 10.4. The Bertz CT molecular complexity index is 531. The van der Waals surface area contributed by atoms with E-state index >= 15 is 0 Å². The SMILES string of the molecule is Cn1c(=O)[nH]c2c[nH]c(=O)cc21. The maximum absolute atomic E-state index is 11.0. The molecule has 2 N–H and O–H groups in total. The highest BCUT2D eigenvalue weighted by Crippen LogP contribution is 2.01. The van der Waals surface area contributed by atoms with E-state index in [1.165, 1.54) is 16.8 Å². The Balaban J connectivity index is 3.08. The predicted octanol–water partition coefficient (Wildman–Crippen LogP) is -0.445. The zero-order valence-electron chi connectivity index (χ0n) is 6.42. The van der Waals surface area contributed by atoms with Crippen LogP contribution in [0.5, 0.6) is 0 Å². The molecule has 5 nitrogen and oxygen atoms in total. The van der Waals surface area contributed by atoms with E-state index in [0.29, 0.717) is 11.0 Å². The van der Waals surface area contributed by atoms with E-state index in [-0.39, 0.29) is 11.2 Å². The molecule has 0 aliphatic rings. The number of pyridine rings is 1. The monoisotopic (exact) mass is 165 g/mol. The molecule has 0 spiro atoms. The Morgan fingerprint density at radius 3 is 2.92 bits per heavy atom. The molecule has 62 valence electrons. The first kappa shape index (κ1) is 6.90. The fraction of sp³-hybridized carbons (Fsp3) is 0.143. The molecule has 2 heterocycles. The molecule has 0 aliphatic heterocycles. The van der Waals surface area contributed by atoms with Crippen LogP contribution in [0.3, 0.4) is 0 Å². The molecule has 2 aromatic rings. The van der Waals surface area contributed by atoms with Crippen LogP contribution in [0.15, 0.2) is 21.9 Å². The van der Waals surface area contributed by atoms with Crippen molar-refractivity contribution >= 4 is 11.0 Å². The summed E-state index contributed by atoms with van der Waals surface area (Å²) in [5, 5.41) is 0. The second kappa shape index (κ2) is 2.10. The normalized spacial score (nSPS) is 10.8. The lowest BCUT2D eigenvalue weighted by molar-refractivity contribution is 0.891. The lowest BCUT2D eigenvalue weighted by Crippen LogP contribution is -2.12. The quantitative estimate of drug-likeness (QED) is 0.555. The van der Waals surface area contributed by atoms with Crippen LogP contribution in [0.1, 0.15) is 0 Å². The average Bonchev–Trinajstić information content (AvgIpc) is 2.31. The lowest BCUT2D eigenvalue weighted by Gasteiger charge is -1.89. The number of H-pyrrole nitrogens is 2. The molecule has 0 aromatic carbocycles. The Morgan fingerprint density at radius 1 is 1.42 bits per heavy atom. The van der Waals surface area contributed by atoms with Crippen LogP contribution in [-0.2, 0) is 7.05 Å². The minimum Gasteiger partial charge on any atom is -0.327 e. The number of aromatic nitrogens is 3. The van der Waals surface area contributed by atoms with E-state index in [0.717, 1.165) is 0 Å². The van der Waals surface area contributed by atoms with Crippen LogP contribution in [0.25, 0.3) is 11.0 Å². The van der Waals surface area contributed by atoms with Gasteiger partial charge in [0.2, 0.25) is 5.56 Å². The Morgan fingerprint density at radius 2 is 2.17 bits per heavy atom. The molecule has 0 aliphatic carbocycles. The summed E-state index contributed by atoms with van der Waals surface area (Å²) in [4.78, 5) is 27.0. The van der Waals surface area contributed by atoms with Crippen molar-refractivity contribution in [2.45, 2.75) is 0 Å². The number of hydrogen-bond acceptors (Lipinski definition) is 2. The molecule has 0 atom stereocenters. The second-order valence-electron chi connectivity index (χ2n) is 2.59. The van der Waals surface area contributed by atoms with Gasteiger partial charge < -0.3 is 9.97 Å². The van der Waals surface area contributed by atoms with E-state index in [2.05, 4.69) is 9.97 Å². The van der Waals surface area contributed by atoms with Crippen LogP contribution in [0.2, 0.25) is 0 Å². The third-order valence-corrected chi connectivity index (χ3v) is 1.81. The first-order chi connectivity index (χ1) is 5.68. The van der Waals surface area contributed by atoms with Gasteiger partial charge in [0, 0.05) is 19.3 Å². The number of imidazole rings is 1. The van der Waals surface area contributed by atoms with Gasteiger partial charge >= 0.3 is 5.69 Å². The smallest absolute Gasteiger partial charge is 0.326 e. The molecular formula is C7H7N3O2. The summed E-state index contributed by atoms with van der Waals surface area (Å²) in [5.41, 5.74) is 0.826. The van der Waals surface area contributed by atoms with Gasteiger partial charge in [-0.1, -0.05) is 0 Å². The summed E-state index contributed by atoms with van der Waals surface area (Å²) in [7, 11) is 1.61. The third-order valence-electron chi connectivity index (χ3n) is 1.81. The highest BCUT2D eigenvalue weighted by atomic mass is 16.1. The second-order valence-corrected chi connectivity index (χ2v) is 2.59. The van der Waals surface area contributed by atoms with Crippen molar-refractivity contribution in [2.75, 3.05) is 0 Å². The highest BCUT2D eigenvalue weighted by Gasteiger charge is 2.01. The number of rotatable bonds is 0. The maximum Gasteiger partial charge on any atom is 0.326 e. The van der Waals surface area contributed by atoms with E-state index in [9.17, 15) is 9.59 Å². The minimum atomic E-state index is -0.219. The Labute approximate surface area is 66.7 Å². The predicted molar refractivity (Wildman–Crippen MR) is 44.2 cm³/mol. The van der Waals surface area contributed by atoms with Gasteiger partial charge in [-0.05, 0) is 0 Å². The summed E-state index contributed by atoms with van der Waals surface area (Å²) >= 11 is 0. The molecule has 2 rings (SSSR count). The summed E-state index contributed by atoms with van der Waals surface area (Å²) in [6.07, 6.45) is 1.49. The number of fused-ring (bicyclic) bond motifs is 1. The van der Waals surface area contributed by atoms with Gasteiger partial charge in [0.25, 0.3) is 0 Å². The maximum atomic E-state index is 11.0. The molecule has 5 heteroatoms. The van der Waals surface area contributed by atoms with Crippen molar-refractivity contribution in [3.05, 3.63) is 33.1 Å². The van der Waals surface area contributed by atoms with Gasteiger partial charge in [-0.25, -0.2) is 4.79 Å². The number of aromatic amines is 2. The van der Waals surface area contributed by atoms with Gasteiger partial charge in [0.05, 0.1) is 11.0 Å². The zero-order chi connectivity index (χ0) is 8.72. The van der Waals surface area contributed by atoms with E-state index in [4.69, 9.17) is 0 Å². The summed E-state index contributed by atoms with van der Waals surface area (Å²) in [5.74, 6) is 0. The van der Waals surface area contributed by atoms with Crippen molar-refractivity contribution in [3.8, 4) is 0 Å². The third kappa shape index (κ3) is 0.795. The molecule has 0 saturated heterocycles. The number of hydrogen-bond donors (Lipinski definition) is 2. The molecule has 0 saturated carbocycles. The summed E-state index contributed by atoms with van der Waals surface area (Å²) in [6, 6.07) is 1.38. The van der Waals surface area contributed by atoms with Gasteiger partial charge in [0.1, 0.15) is 0 Å². The van der Waals surface area contributed by atoms with Crippen LogP contribution in [0, 0.1) is 0 Å². The van der Waals surface area contributed by atoms with Crippen LogP contribution in [0.4, 0.5) is 0 Å². The van der Waals surface area contributed by atoms with Crippen molar-refractivity contribution in [1.82, 2.24) is 14.5 Å². The fourth-order valence-corrected chi connectivity index (χ4v) is 1.15. The van der Waals surface area contributed by atoms with Crippen LogP contribution >= 0.6 is 0 Å². The molecular weight excluding hydrogens is 158 g/mol. The van der Waals surface area contributed by atoms with Crippen molar-refractivity contribution in [1.29, 1.82) is 0 Å². The summed E-state index contributed by atoms with van der Waals surface area (Å²) in [6.45, 7) is 0. The summed E-state index contributed by atoms with van der Waals surface area (Å²) < 4.78 is 1.39. The van der Waals surface area contributed by atoms with Crippen molar-refractivity contribution in [3.63, 3.8) is 0 Å². The van der Waals surface area contributed by atoms with Crippen LogP contribution in [-0.4, -0.2) is 14.5 Å². The molecule has 0 radical (unpaired) electrons. The minimum absolute atomic E-state index is 0.211. The fourth-order valence-electron chi connectivity index (χ4n) is 1.15.